The summed E-state index contributed by atoms with van der Waals surface area (Å²) in [5, 5.41) is 0. The Balaban J connectivity index is 2.42. The summed E-state index contributed by atoms with van der Waals surface area (Å²) in [5.41, 5.74) is 0. The lowest BCUT2D eigenvalue weighted by atomic mass is 10.0. The number of carbonyl (C=O) groups is 1. The molecule has 0 aromatic carbocycles. The predicted molar refractivity (Wildman–Crippen MR) is 45.1 cm³/mol. The van der Waals surface area contributed by atoms with Gasteiger partial charge in [-0.3, -0.25) is 4.79 Å². The second kappa shape index (κ2) is 3.13. The third-order valence-electron chi connectivity index (χ3n) is 1.84. The molecule has 1 saturated heterocycles. The monoisotopic (exact) mass is 179 g/mol. The second-order valence-corrected chi connectivity index (χ2v) is 3.52. The van der Waals surface area contributed by atoms with Crippen LogP contribution in [0.4, 0.5) is 0 Å². The van der Waals surface area contributed by atoms with Crippen molar-refractivity contribution < 1.29 is 9.32 Å². The van der Waals surface area contributed by atoms with Crippen LogP contribution in [-0.2, 0) is 9.32 Å². The Morgan fingerprint density at radius 1 is 1.80 bits per heavy atom. The molecule has 4 atom stereocenters. The first-order valence-corrected chi connectivity index (χ1v) is 5.78. The van der Waals surface area contributed by atoms with E-state index in [1.807, 2.05) is 6.92 Å². The predicted octanol–water partition coefficient (Wildman–Crippen LogP) is 0.616. The Kier molecular flexibility index (Phi) is 2.62. The normalized spacial score (nSPS) is 33.5. The number of likely N-dealkylation sites (N-methyl/N-ethyl adjacent to an activating group) is 1. The zero-order chi connectivity index (χ0) is 7.72. The standard InChI is InChI=1S/C5H11NO2P2/c1-3-4(8-10-9)5(7)6(3)2/h3-4,10H,9H2,1-2H3/t3-,4?/m0/s1. The number of rotatable bonds is 2. The molecule has 1 heterocycles. The molecule has 1 aliphatic rings. The van der Waals surface area contributed by atoms with Crippen LogP contribution in [0.2, 0.25) is 0 Å². The van der Waals surface area contributed by atoms with E-state index in [2.05, 4.69) is 8.93 Å². The molecular formula is C5H11NO2P2. The molecule has 0 radical (unpaired) electrons. The lowest BCUT2D eigenvalue weighted by Gasteiger charge is -2.41. The van der Waals surface area contributed by atoms with Gasteiger partial charge in [-0.1, -0.05) is 8.93 Å². The minimum Gasteiger partial charge on any atom is -0.343 e. The van der Waals surface area contributed by atoms with Crippen LogP contribution >= 0.6 is 17.4 Å². The fraction of sp³-hybridized carbons (Fsp3) is 0.800. The van der Waals surface area contributed by atoms with Crippen molar-refractivity contribution in [3.63, 3.8) is 0 Å². The van der Waals surface area contributed by atoms with Crippen LogP contribution in [0, 0.1) is 0 Å². The zero-order valence-corrected chi connectivity index (χ0v) is 8.15. The van der Waals surface area contributed by atoms with Gasteiger partial charge in [-0.05, 0) is 6.92 Å². The van der Waals surface area contributed by atoms with Crippen molar-refractivity contribution in [3.8, 4) is 0 Å². The van der Waals surface area contributed by atoms with Gasteiger partial charge in [0.1, 0.15) is 0 Å². The minimum absolute atomic E-state index is 0.0995. The Hall–Kier alpha value is 0.290. The van der Waals surface area contributed by atoms with Crippen molar-refractivity contribution in [1.29, 1.82) is 0 Å². The first kappa shape index (κ1) is 8.39. The van der Waals surface area contributed by atoms with Crippen molar-refractivity contribution in [2.75, 3.05) is 7.05 Å². The average molecular weight is 179 g/mol. The molecule has 0 spiro atoms. The summed E-state index contributed by atoms with van der Waals surface area (Å²) < 4.78 is 5.17. The molecule has 1 fully saturated rings. The molecule has 1 aliphatic heterocycles. The highest BCUT2D eigenvalue weighted by atomic mass is 32.0. The molecule has 0 saturated carbocycles. The summed E-state index contributed by atoms with van der Waals surface area (Å²) in [5.74, 6) is 0.0995. The fourth-order valence-electron chi connectivity index (χ4n) is 0.951. The Labute approximate surface area is 64.5 Å². The zero-order valence-electron chi connectivity index (χ0n) is 6.00. The van der Waals surface area contributed by atoms with Crippen LogP contribution in [0.15, 0.2) is 0 Å². The van der Waals surface area contributed by atoms with Gasteiger partial charge in [0.15, 0.2) is 6.10 Å². The number of hydrogen-bond acceptors (Lipinski definition) is 2. The van der Waals surface area contributed by atoms with Crippen molar-refractivity contribution in [2.24, 2.45) is 0 Å². The Morgan fingerprint density at radius 3 is 2.80 bits per heavy atom. The molecule has 0 aromatic rings. The number of β-lactam (4-membered cyclic amide) rings is 1. The number of carbonyl (C=O) groups excluding carboxylic acids is 1. The Bertz CT molecular complexity index is 153. The molecular weight excluding hydrogens is 168 g/mol. The third kappa shape index (κ3) is 1.18. The van der Waals surface area contributed by atoms with Gasteiger partial charge in [-0.15, -0.1) is 0 Å². The van der Waals surface area contributed by atoms with Gasteiger partial charge in [0.25, 0.3) is 5.91 Å². The second-order valence-electron chi connectivity index (χ2n) is 2.35. The summed E-state index contributed by atoms with van der Waals surface area (Å²) in [4.78, 5) is 12.6. The molecule has 5 heteroatoms. The fourth-order valence-corrected chi connectivity index (χ4v) is 1.84. The van der Waals surface area contributed by atoms with Crippen LogP contribution in [0.25, 0.3) is 0 Å². The van der Waals surface area contributed by atoms with Gasteiger partial charge in [-0.25, -0.2) is 0 Å². The smallest absolute Gasteiger partial charge is 0.254 e. The summed E-state index contributed by atoms with van der Waals surface area (Å²) in [7, 11) is 4.58. The van der Waals surface area contributed by atoms with Crippen molar-refractivity contribution in [2.45, 2.75) is 19.1 Å². The third-order valence-corrected chi connectivity index (χ3v) is 2.63. The van der Waals surface area contributed by atoms with Gasteiger partial charge < -0.3 is 9.42 Å². The number of hydrogen-bond donors (Lipinski definition) is 0. The summed E-state index contributed by atoms with van der Waals surface area (Å²) in [6, 6.07) is 0.251. The molecule has 1 amide bonds. The van der Waals surface area contributed by atoms with Crippen LogP contribution < -0.4 is 0 Å². The lowest BCUT2D eigenvalue weighted by molar-refractivity contribution is -0.157. The highest BCUT2D eigenvalue weighted by molar-refractivity contribution is 8.00. The van der Waals surface area contributed by atoms with E-state index >= 15 is 0 Å². The van der Waals surface area contributed by atoms with E-state index in [1.54, 1.807) is 11.9 Å². The van der Waals surface area contributed by atoms with E-state index in [4.69, 9.17) is 4.52 Å². The van der Waals surface area contributed by atoms with E-state index in [0.29, 0.717) is 8.50 Å². The molecule has 0 bridgehead atoms. The maximum absolute atomic E-state index is 11.0. The quantitative estimate of drug-likeness (QED) is 0.459. The topological polar surface area (TPSA) is 29.5 Å². The SMILES string of the molecule is C[C@H]1C(OPP)C(=O)N1C. The molecule has 3 unspecified atom stereocenters. The van der Waals surface area contributed by atoms with E-state index in [9.17, 15) is 4.79 Å². The molecule has 1 rings (SSSR count). The van der Waals surface area contributed by atoms with Crippen molar-refractivity contribution in [3.05, 3.63) is 0 Å². The number of nitrogens with zero attached hydrogens (tertiary/aromatic N) is 1. The van der Waals surface area contributed by atoms with Crippen LogP contribution in [0.3, 0.4) is 0 Å². The summed E-state index contributed by atoms with van der Waals surface area (Å²) in [6.07, 6.45) is -0.180. The average Bonchev–Trinajstić information content (AvgIpc) is 1.98. The molecule has 0 aliphatic carbocycles. The van der Waals surface area contributed by atoms with Crippen molar-refractivity contribution in [1.82, 2.24) is 4.90 Å². The minimum atomic E-state index is -0.180. The van der Waals surface area contributed by atoms with E-state index in [1.165, 1.54) is 0 Å². The molecule has 3 nitrogen and oxygen atoms in total. The molecule has 0 aromatic heterocycles. The first-order valence-electron chi connectivity index (χ1n) is 3.06. The van der Waals surface area contributed by atoms with Crippen LogP contribution in [0.5, 0.6) is 0 Å². The van der Waals surface area contributed by atoms with Gasteiger partial charge in [0.05, 0.1) is 6.04 Å². The van der Waals surface area contributed by atoms with Gasteiger partial charge in [0.2, 0.25) is 0 Å². The van der Waals surface area contributed by atoms with Gasteiger partial charge >= 0.3 is 0 Å². The van der Waals surface area contributed by atoms with E-state index in [-0.39, 0.29) is 18.1 Å². The van der Waals surface area contributed by atoms with Gasteiger partial charge in [-0.2, -0.15) is 0 Å². The lowest BCUT2D eigenvalue weighted by Crippen LogP contribution is -2.61. The van der Waals surface area contributed by atoms with Crippen LogP contribution in [-0.4, -0.2) is 30.0 Å². The first-order chi connectivity index (χ1) is 4.68. The summed E-state index contributed by atoms with van der Waals surface area (Å²) >= 11 is 0. The summed E-state index contributed by atoms with van der Waals surface area (Å²) in [6.45, 7) is 1.98. The molecule has 0 N–H and O–H groups in total. The van der Waals surface area contributed by atoms with E-state index < -0.39 is 0 Å². The number of amides is 1. The highest BCUT2D eigenvalue weighted by Gasteiger charge is 2.42. The van der Waals surface area contributed by atoms with Gasteiger partial charge in [0, 0.05) is 15.5 Å². The highest BCUT2D eigenvalue weighted by Crippen LogP contribution is 2.31. The molecule has 58 valence electrons. The van der Waals surface area contributed by atoms with Crippen LogP contribution in [0.1, 0.15) is 6.92 Å². The largest absolute Gasteiger partial charge is 0.343 e. The number of likely N-dealkylation sites (tertiary alicyclic amines) is 1. The Morgan fingerprint density at radius 2 is 2.40 bits per heavy atom. The maximum Gasteiger partial charge on any atom is 0.254 e. The molecule has 10 heavy (non-hydrogen) atoms. The van der Waals surface area contributed by atoms with E-state index in [0.717, 1.165) is 0 Å². The maximum atomic E-state index is 11.0. The van der Waals surface area contributed by atoms with Crippen molar-refractivity contribution >= 4 is 23.3 Å².